The summed E-state index contributed by atoms with van der Waals surface area (Å²) in [5, 5.41) is 12.0. The van der Waals surface area contributed by atoms with Crippen molar-refractivity contribution in [3.8, 4) is 23.0 Å². The molecule has 186 valence electrons. The Morgan fingerprint density at radius 1 is 1.19 bits per heavy atom. The predicted molar refractivity (Wildman–Crippen MR) is 132 cm³/mol. The molecule has 0 saturated carbocycles. The number of nitrogens with zero attached hydrogens (tertiary/aromatic N) is 4. The molecule has 0 amide bonds. The number of anilines is 1. The number of hydrogen-bond donors (Lipinski definition) is 1. The number of methoxy groups -OCH3 is 1. The van der Waals surface area contributed by atoms with E-state index in [1.165, 1.54) is 25.3 Å². The lowest BCUT2D eigenvalue weighted by atomic mass is 9.94. The van der Waals surface area contributed by atoms with Crippen LogP contribution in [0.25, 0.3) is 32.9 Å². The molecular weight excluding hydrogens is 466 g/mol. The van der Waals surface area contributed by atoms with Crippen molar-refractivity contribution in [2.24, 2.45) is 5.92 Å². The van der Waals surface area contributed by atoms with Gasteiger partial charge in [0.2, 0.25) is 0 Å². The third kappa shape index (κ3) is 3.61. The molecule has 4 heterocycles. The zero-order chi connectivity index (χ0) is 25.0. The first kappa shape index (κ1) is 22.8. The van der Waals surface area contributed by atoms with Gasteiger partial charge < -0.3 is 19.5 Å². The maximum Gasteiger partial charge on any atom is 0.318 e. The van der Waals surface area contributed by atoms with Crippen molar-refractivity contribution in [3.05, 3.63) is 47.7 Å². The van der Waals surface area contributed by atoms with E-state index in [2.05, 4.69) is 19.9 Å². The van der Waals surface area contributed by atoms with Crippen LogP contribution in [0.5, 0.6) is 11.8 Å². The van der Waals surface area contributed by atoms with Crippen molar-refractivity contribution in [3.63, 3.8) is 0 Å². The van der Waals surface area contributed by atoms with Crippen LogP contribution in [0.1, 0.15) is 25.3 Å². The number of benzene rings is 2. The maximum atomic E-state index is 16.2. The molecule has 2 atom stereocenters. The lowest BCUT2D eigenvalue weighted by Gasteiger charge is -2.35. The van der Waals surface area contributed by atoms with E-state index in [0.717, 1.165) is 32.5 Å². The smallest absolute Gasteiger partial charge is 0.318 e. The van der Waals surface area contributed by atoms with E-state index >= 15 is 4.39 Å². The Kier molecular flexibility index (Phi) is 5.59. The number of phenols is 1. The van der Waals surface area contributed by atoms with Crippen LogP contribution in [0, 0.1) is 17.6 Å². The van der Waals surface area contributed by atoms with Crippen LogP contribution in [0.15, 0.2) is 30.5 Å². The first-order chi connectivity index (χ1) is 17.5. The van der Waals surface area contributed by atoms with Crippen LogP contribution in [-0.4, -0.2) is 53.0 Å². The fourth-order valence-corrected chi connectivity index (χ4v) is 5.64. The number of pyridine rings is 1. The average Bonchev–Trinajstić information content (AvgIpc) is 3.36. The van der Waals surface area contributed by atoms with E-state index < -0.39 is 5.82 Å². The summed E-state index contributed by atoms with van der Waals surface area (Å²) in [6.07, 6.45) is 4.06. The first-order valence-corrected chi connectivity index (χ1v) is 12.2. The quantitative estimate of drug-likeness (QED) is 0.429. The van der Waals surface area contributed by atoms with Gasteiger partial charge in [0.1, 0.15) is 28.6 Å². The number of aryl methyl sites for hydroxylation is 1. The molecule has 0 spiro atoms. The third-order valence-electron chi connectivity index (χ3n) is 7.37. The number of ether oxygens (including phenoxy) is 2. The van der Waals surface area contributed by atoms with E-state index in [0.29, 0.717) is 45.4 Å². The van der Waals surface area contributed by atoms with Gasteiger partial charge in [-0.2, -0.15) is 9.97 Å². The number of rotatable bonds is 4. The summed E-state index contributed by atoms with van der Waals surface area (Å²) in [4.78, 5) is 15.5. The largest absolute Gasteiger partial charge is 0.508 e. The van der Waals surface area contributed by atoms with Crippen LogP contribution in [0.4, 0.5) is 14.6 Å². The normalized spacial score (nSPS) is 19.7. The Morgan fingerprint density at radius 3 is 2.86 bits per heavy atom. The summed E-state index contributed by atoms with van der Waals surface area (Å²) in [5.74, 6) is -0.153. The second-order valence-electron chi connectivity index (χ2n) is 9.38. The van der Waals surface area contributed by atoms with Gasteiger partial charge in [0, 0.05) is 37.4 Å². The highest BCUT2D eigenvalue weighted by atomic mass is 19.1. The molecule has 36 heavy (non-hydrogen) atoms. The third-order valence-corrected chi connectivity index (χ3v) is 7.37. The highest BCUT2D eigenvalue weighted by molar-refractivity contribution is 6.01. The second kappa shape index (κ2) is 8.81. The molecule has 4 aromatic rings. The molecule has 1 N–H and O–H groups in total. The summed E-state index contributed by atoms with van der Waals surface area (Å²) < 4.78 is 42.1. The first-order valence-electron chi connectivity index (χ1n) is 12.2. The molecule has 2 fully saturated rings. The molecule has 0 radical (unpaired) electrons. The number of fused-ring (bicyclic) bond motifs is 3. The molecule has 2 aliphatic rings. The standard InChI is InChI=1S/C27H26F2N4O3/c1-3-17-20(28)5-4-14-10-16(34)11-18(22(14)17)24-23(29)25-19(12-30-24)26(32-27(31-25)35-2)33-8-6-21-15(13-33)7-9-36-21/h4-5,10-12,15,21,34H,3,6-9,13H2,1-2H3. The van der Waals surface area contributed by atoms with E-state index in [-0.39, 0.29) is 34.9 Å². The van der Waals surface area contributed by atoms with E-state index in [4.69, 9.17) is 9.47 Å². The zero-order valence-corrected chi connectivity index (χ0v) is 20.1. The van der Waals surface area contributed by atoms with E-state index in [1.807, 2.05) is 6.92 Å². The van der Waals surface area contributed by atoms with E-state index in [9.17, 15) is 9.50 Å². The van der Waals surface area contributed by atoms with Gasteiger partial charge >= 0.3 is 6.01 Å². The second-order valence-corrected chi connectivity index (χ2v) is 9.38. The highest BCUT2D eigenvalue weighted by Gasteiger charge is 2.35. The minimum atomic E-state index is -0.674. The lowest BCUT2D eigenvalue weighted by Crippen LogP contribution is -2.41. The van der Waals surface area contributed by atoms with Gasteiger partial charge in [-0.15, -0.1) is 0 Å². The van der Waals surface area contributed by atoms with Gasteiger partial charge in [-0.25, -0.2) is 8.78 Å². The van der Waals surface area contributed by atoms with Gasteiger partial charge in [-0.1, -0.05) is 13.0 Å². The van der Waals surface area contributed by atoms with Crippen LogP contribution in [0.3, 0.4) is 0 Å². The monoisotopic (exact) mass is 492 g/mol. The van der Waals surface area contributed by atoms with Gasteiger partial charge in [-0.3, -0.25) is 4.98 Å². The summed E-state index contributed by atoms with van der Waals surface area (Å²) in [5.41, 5.74) is 0.797. The molecule has 2 aromatic carbocycles. The average molecular weight is 493 g/mol. The number of halogens is 2. The summed E-state index contributed by atoms with van der Waals surface area (Å²) in [6.45, 7) is 4.06. The van der Waals surface area contributed by atoms with Crippen molar-refractivity contribution >= 4 is 27.5 Å². The molecule has 2 saturated heterocycles. The number of aromatic nitrogens is 3. The Bertz CT molecular complexity index is 1500. The summed E-state index contributed by atoms with van der Waals surface area (Å²) >= 11 is 0. The SMILES string of the molecule is CCc1c(F)ccc2cc(O)cc(-c3ncc4c(N5CCC6OCCC6C5)nc(OC)nc4c3F)c12. The van der Waals surface area contributed by atoms with Gasteiger partial charge in [0.05, 0.1) is 18.6 Å². The molecule has 9 heteroatoms. The van der Waals surface area contributed by atoms with Crippen LogP contribution >= 0.6 is 0 Å². The topological polar surface area (TPSA) is 80.6 Å². The molecule has 2 unspecified atom stereocenters. The van der Waals surface area contributed by atoms with Crippen LogP contribution in [0.2, 0.25) is 0 Å². The molecule has 7 nitrogen and oxygen atoms in total. The van der Waals surface area contributed by atoms with Crippen molar-refractivity contribution in [1.29, 1.82) is 0 Å². The highest BCUT2D eigenvalue weighted by Crippen LogP contribution is 2.40. The van der Waals surface area contributed by atoms with Gasteiger partial charge in [0.15, 0.2) is 5.82 Å². The Morgan fingerprint density at radius 2 is 2.06 bits per heavy atom. The minimum absolute atomic E-state index is 0.0155. The molecule has 2 aliphatic heterocycles. The molecule has 2 aromatic heterocycles. The molecule has 0 aliphatic carbocycles. The summed E-state index contributed by atoms with van der Waals surface area (Å²) in [7, 11) is 1.45. The molecular formula is C27H26F2N4O3. The predicted octanol–water partition coefficient (Wildman–Crippen LogP) is 5.02. The summed E-state index contributed by atoms with van der Waals surface area (Å²) in [6, 6.07) is 5.95. The van der Waals surface area contributed by atoms with Crippen LogP contribution < -0.4 is 9.64 Å². The van der Waals surface area contributed by atoms with Gasteiger partial charge in [0.25, 0.3) is 0 Å². The lowest BCUT2D eigenvalue weighted by molar-refractivity contribution is 0.0772. The van der Waals surface area contributed by atoms with Crippen molar-refractivity contribution < 1.29 is 23.4 Å². The Hall–Kier alpha value is -3.59. The van der Waals surface area contributed by atoms with Crippen molar-refractivity contribution in [2.45, 2.75) is 32.3 Å². The molecule has 0 bridgehead atoms. The Labute approximate surface area is 206 Å². The minimum Gasteiger partial charge on any atom is -0.508 e. The van der Waals surface area contributed by atoms with Crippen molar-refractivity contribution in [2.75, 3.05) is 31.7 Å². The zero-order valence-electron chi connectivity index (χ0n) is 20.1. The van der Waals surface area contributed by atoms with Gasteiger partial charge in [-0.05, 0) is 53.8 Å². The van der Waals surface area contributed by atoms with E-state index in [1.54, 1.807) is 12.3 Å². The van der Waals surface area contributed by atoms with Crippen molar-refractivity contribution in [1.82, 2.24) is 15.0 Å². The fraction of sp³-hybridized carbons (Fsp3) is 0.370. The maximum absolute atomic E-state index is 16.2. The van der Waals surface area contributed by atoms with Crippen LogP contribution in [-0.2, 0) is 11.2 Å². The number of hydrogen-bond acceptors (Lipinski definition) is 7. The number of phenolic OH excluding ortho intramolecular Hbond substituents is 1. The molecule has 6 rings (SSSR count). The fourth-order valence-electron chi connectivity index (χ4n) is 5.64. The Balaban J connectivity index is 1.55. The number of aromatic hydroxyl groups is 1. The number of piperidine rings is 1.